The monoisotopic (exact) mass is 253 g/mol. The van der Waals surface area contributed by atoms with Crippen LogP contribution in [0.4, 0.5) is 0 Å². The van der Waals surface area contributed by atoms with Crippen molar-refractivity contribution in [3.05, 3.63) is 29.8 Å². The first-order valence-corrected chi connectivity index (χ1v) is 5.98. The highest BCUT2D eigenvalue weighted by Crippen LogP contribution is 2.31. The second-order valence-electron chi connectivity index (χ2n) is 2.55. The van der Waals surface area contributed by atoms with Gasteiger partial charge in [0.05, 0.1) is 0 Å². The first-order valence-electron chi connectivity index (χ1n) is 3.62. The second-order valence-corrected chi connectivity index (χ2v) is 5.94. The highest BCUT2D eigenvalue weighted by molar-refractivity contribution is 7.98. The molecule has 0 fully saturated rings. The number of thioether (sulfide) groups is 1. The van der Waals surface area contributed by atoms with Crippen molar-refractivity contribution in [1.82, 2.24) is 0 Å². The Morgan fingerprint density at radius 3 is 2.69 bits per heavy atom. The summed E-state index contributed by atoms with van der Waals surface area (Å²) in [5.74, 6) is 0. The first kappa shape index (κ1) is 11.5. The molecule has 1 radical (unpaired) electrons. The Morgan fingerprint density at radius 2 is 2.15 bits per heavy atom. The molecule has 0 spiro atoms. The molecule has 4 heteroatoms. The first-order chi connectivity index (χ1) is 6.01. The molecule has 0 nitrogen and oxygen atoms in total. The molecule has 0 bridgehead atoms. The van der Waals surface area contributed by atoms with Gasteiger partial charge < -0.3 is 0 Å². The third kappa shape index (κ3) is 4.46. The number of alkyl halides is 3. The van der Waals surface area contributed by atoms with E-state index in [1.807, 2.05) is 24.5 Å². The summed E-state index contributed by atoms with van der Waals surface area (Å²) in [4.78, 5) is 1.16. The number of rotatable bonds is 2. The Labute approximate surface area is 97.6 Å². The molecule has 0 amide bonds. The molecule has 13 heavy (non-hydrogen) atoms. The molecular formula is C9H8Cl3S. The van der Waals surface area contributed by atoms with Crippen molar-refractivity contribution in [2.45, 2.75) is 15.1 Å². The van der Waals surface area contributed by atoms with E-state index in [0.29, 0.717) is 6.42 Å². The van der Waals surface area contributed by atoms with Gasteiger partial charge in [-0.15, -0.1) is 11.8 Å². The summed E-state index contributed by atoms with van der Waals surface area (Å²) < 4.78 is -1.23. The summed E-state index contributed by atoms with van der Waals surface area (Å²) in [6.07, 6.45) is 2.40. The lowest BCUT2D eigenvalue weighted by molar-refractivity contribution is 1.01. The van der Waals surface area contributed by atoms with E-state index in [0.717, 1.165) is 10.5 Å². The van der Waals surface area contributed by atoms with Crippen LogP contribution in [0.25, 0.3) is 0 Å². The number of hydrogen-bond acceptors (Lipinski definition) is 1. The molecule has 1 aromatic rings. The molecule has 71 valence electrons. The van der Waals surface area contributed by atoms with Crippen LogP contribution in [0.15, 0.2) is 23.1 Å². The van der Waals surface area contributed by atoms with E-state index in [-0.39, 0.29) is 0 Å². The fourth-order valence-corrected chi connectivity index (χ4v) is 1.83. The van der Waals surface area contributed by atoms with Gasteiger partial charge in [-0.2, -0.15) is 0 Å². The van der Waals surface area contributed by atoms with Crippen molar-refractivity contribution in [1.29, 1.82) is 0 Å². The van der Waals surface area contributed by atoms with Crippen LogP contribution < -0.4 is 0 Å². The van der Waals surface area contributed by atoms with Gasteiger partial charge in [0.1, 0.15) is 0 Å². The third-order valence-corrected chi connectivity index (χ3v) is 2.59. The van der Waals surface area contributed by atoms with Gasteiger partial charge in [-0.25, -0.2) is 0 Å². The van der Waals surface area contributed by atoms with Crippen molar-refractivity contribution in [2.75, 3.05) is 6.26 Å². The number of halogens is 3. The van der Waals surface area contributed by atoms with Crippen LogP contribution in [0.5, 0.6) is 0 Å². The highest BCUT2D eigenvalue weighted by Gasteiger charge is 2.20. The van der Waals surface area contributed by atoms with E-state index in [2.05, 4.69) is 6.07 Å². The summed E-state index contributed by atoms with van der Waals surface area (Å²) in [7, 11) is 0. The molecule has 0 heterocycles. The van der Waals surface area contributed by atoms with Gasteiger partial charge in [0.25, 0.3) is 0 Å². The molecule has 0 unspecified atom stereocenters. The van der Waals surface area contributed by atoms with Crippen LogP contribution in [-0.2, 0) is 6.42 Å². The maximum atomic E-state index is 5.67. The van der Waals surface area contributed by atoms with Gasteiger partial charge in [-0.05, 0) is 30.0 Å². The van der Waals surface area contributed by atoms with Gasteiger partial charge >= 0.3 is 0 Å². The van der Waals surface area contributed by atoms with Crippen LogP contribution in [0, 0.1) is 6.07 Å². The summed E-state index contributed by atoms with van der Waals surface area (Å²) >= 11 is 18.7. The number of benzene rings is 1. The Kier molecular flexibility index (Phi) is 4.24. The molecule has 0 saturated carbocycles. The molecule has 0 aliphatic rings. The van der Waals surface area contributed by atoms with E-state index in [1.54, 1.807) is 11.8 Å². The zero-order valence-corrected chi connectivity index (χ0v) is 10.1. The van der Waals surface area contributed by atoms with Crippen LogP contribution in [0.3, 0.4) is 0 Å². The topological polar surface area (TPSA) is 0 Å². The molecule has 0 aliphatic carbocycles. The fourth-order valence-electron chi connectivity index (χ4n) is 0.937. The Balaban J connectivity index is 2.78. The lowest BCUT2D eigenvalue weighted by Crippen LogP contribution is -2.06. The SMILES string of the molecule is CSc1cc[c]c(CC(Cl)(Cl)Cl)c1. The Bertz CT molecular complexity index is 280. The van der Waals surface area contributed by atoms with Gasteiger partial charge in [-0.3, -0.25) is 0 Å². The van der Waals surface area contributed by atoms with Crippen LogP contribution in [0.1, 0.15) is 5.56 Å². The predicted molar refractivity (Wildman–Crippen MR) is 61.1 cm³/mol. The van der Waals surface area contributed by atoms with E-state index in [4.69, 9.17) is 34.8 Å². The van der Waals surface area contributed by atoms with Gasteiger partial charge in [-0.1, -0.05) is 40.9 Å². The second kappa shape index (κ2) is 4.79. The lowest BCUT2D eigenvalue weighted by atomic mass is 10.2. The molecule has 0 atom stereocenters. The predicted octanol–water partition coefficient (Wildman–Crippen LogP) is 4.12. The standard InChI is InChI=1S/C9H8Cl3S/c1-13-8-4-2-3-7(5-8)6-9(10,11)12/h2,4-5H,6H2,1H3. The maximum absolute atomic E-state index is 5.67. The number of hydrogen-bond donors (Lipinski definition) is 0. The molecule has 0 saturated heterocycles. The zero-order valence-electron chi connectivity index (χ0n) is 6.98. The van der Waals surface area contributed by atoms with Crippen LogP contribution >= 0.6 is 46.6 Å². The van der Waals surface area contributed by atoms with E-state index in [9.17, 15) is 0 Å². The van der Waals surface area contributed by atoms with Crippen molar-refractivity contribution >= 4 is 46.6 Å². The fraction of sp³-hybridized carbons (Fsp3) is 0.333. The Morgan fingerprint density at radius 1 is 1.46 bits per heavy atom. The highest BCUT2D eigenvalue weighted by atomic mass is 35.6. The van der Waals surface area contributed by atoms with Crippen molar-refractivity contribution < 1.29 is 0 Å². The van der Waals surface area contributed by atoms with Crippen molar-refractivity contribution in [3.8, 4) is 0 Å². The summed E-state index contributed by atoms with van der Waals surface area (Å²) in [5.41, 5.74) is 0.923. The van der Waals surface area contributed by atoms with Gasteiger partial charge in [0.2, 0.25) is 0 Å². The molecule has 0 N–H and O–H groups in total. The van der Waals surface area contributed by atoms with E-state index in [1.165, 1.54) is 0 Å². The van der Waals surface area contributed by atoms with Crippen LogP contribution in [-0.4, -0.2) is 10.0 Å². The molecule has 1 aromatic carbocycles. The van der Waals surface area contributed by atoms with Crippen LogP contribution in [0.2, 0.25) is 0 Å². The summed E-state index contributed by atoms with van der Waals surface area (Å²) in [6.45, 7) is 0. The smallest absolute Gasteiger partial charge is 0.130 e. The van der Waals surface area contributed by atoms with Gasteiger partial charge in [0, 0.05) is 11.3 Å². The average Bonchev–Trinajstić information content (AvgIpc) is 2.01. The quantitative estimate of drug-likeness (QED) is 0.565. The normalized spacial score (nSPS) is 11.7. The summed E-state index contributed by atoms with van der Waals surface area (Å²) in [6, 6.07) is 8.84. The molecule has 0 aromatic heterocycles. The van der Waals surface area contributed by atoms with E-state index < -0.39 is 3.79 Å². The zero-order chi connectivity index (χ0) is 9.90. The average molecular weight is 255 g/mol. The summed E-state index contributed by atoms with van der Waals surface area (Å²) in [5, 5.41) is 0. The molecular weight excluding hydrogens is 247 g/mol. The van der Waals surface area contributed by atoms with Crippen molar-refractivity contribution in [2.24, 2.45) is 0 Å². The minimum absolute atomic E-state index is 0.395. The maximum Gasteiger partial charge on any atom is 0.194 e. The minimum Gasteiger partial charge on any atom is -0.130 e. The lowest BCUT2D eigenvalue weighted by Gasteiger charge is -2.10. The molecule has 1 rings (SSSR count). The molecule has 0 aliphatic heterocycles. The van der Waals surface area contributed by atoms with Crippen molar-refractivity contribution in [3.63, 3.8) is 0 Å². The van der Waals surface area contributed by atoms with E-state index >= 15 is 0 Å². The van der Waals surface area contributed by atoms with Gasteiger partial charge in [0.15, 0.2) is 3.79 Å². The Hall–Kier alpha value is 0.440. The largest absolute Gasteiger partial charge is 0.194 e. The minimum atomic E-state index is -1.23. The third-order valence-electron chi connectivity index (χ3n) is 1.46.